The summed E-state index contributed by atoms with van der Waals surface area (Å²) in [7, 11) is 0. The van der Waals surface area contributed by atoms with Crippen molar-refractivity contribution in [2.75, 3.05) is 19.7 Å². The van der Waals surface area contributed by atoms with E-state index in [-0.39, 0.29) is 5.78 Å². The molecule has 5 nitrogen and oxygen atoms in total. The molecule has 2 aliphatic rings. The monoisotopic (exact) mass is 433 g/mol. The number of ketones is 1. The standard InChI is InChI=1S/C25H27N3O2S/c1-16(29)11-25-27-15-24(31-25)20-4-3-18-5-8-28(9-6-19(18)12-20)17(2)21-13-23-22(26-14-21)7-10-30-23/h3-4,12-15,17H,5-11H2,1-2H3/t17-/m1/s1. The molecule has 0 unspecified atom stereocenters. The SMILES string of the molecule is CC(=O)Cc1ncc(-c2ccc3c(c2)CCN([C@H](C)c2cnc4c(c2)OCC4)CC3)s1. The number of fused-ring (bicyclic) bond motifs is 2. The maximum absolute atomic E-state index is 11.4. The zero-order valence-electron chi connectivity index (χ0n) is 18.1. The van der Waals surface area contributed by atoms with E-state index in [2.05, 4.69) is 46.1 Å². The number of Topliss-reactive ketones (excluding diaryl/α,β-unsaturated/α-hetero) is 1. The molecule has 0 fully saturated rings. The van der Waals surface area contributed by atoms with Crippen molar-refractivity contribution >= 4 is 17.1 Å². The fraction of sp³-hybridized carbons (Fsp3) is 0.400. The van der Waals surface area contributed by atoms with Crippen LogP contribution in [0.4, 0.5) is 0 Å². The molecule has 160 valence electrons. The fourth-order valence-electron chi connectivity index (χ4n) is 4.52. The highest BCUT2D eigenvalue weighted by molar-refractivity contribution is 7.15. The van der Waals surface area contributed by atoms with Gasteiger partial charge in [0.05, 0.1) is 23.6 Å². The first-order valence-corrected chi connectivity index (χ1v) is 11.8. The zero-order valence-corrected chi connectivity index (χ0v) is 18.9. The van der Waals surface area contributed by atoms with Gasteiger partial charge in [0.1, 0.15) is 16.5 Å². The van der Waals surface area contributed by atoms with Crippen molar-refractivity contribution in [2.45, 2.75) is 45.6 Å². The van der Waals surface area contributed by atoms with Gasteiger partial charge < -0.3 is 4.74 Å². The summed E-state index contributed by atoms with van der Waals surface area (Å²) in [5, 5.41) is 0.893. The third-order valence-electron chi connectivity index (χ3n) is 6.36. The Morgan fingerprint density at radius 3 is 2.81 bits per heavy atom. The van der Waals surface area contributed by atoms with E-state index in [1.807, 2.05) is 12.4 Å². The van der Waals surface area contributed by atoms with Gasteiger partial charge in [0.15, 0.2) is 0 Å². The summed E-state index contributed by atoms with van der Waals surface area (Å²) < 4.78 is 5.73. The summed E-state index contributed by atoms with van der Waals surface area (Å²) in [4.78, 5) is 24.1. The average molecular weight is 434 g/mol. The highest BCUT2D eigenvalue weighted by Crippen LogP contribution is 2.32. The van der Waals surface area contributed by atoms with E-state index in [0.29, 0.717) is 12.5 Å². The minimum atomic E-state index is 0.155. The van der Waals surface area contributed by atoms with E-state index in [0.717, 1.165) is 60.3 Å². The maximum Gasteiger partial charge on any atom is 0.141 e. The quantitative estimate of drug-likeness (QED) is 0.596. The van der Waals surface area contributed by atoms with Crippen LogP contribution in [0, 0.1) is 0 Å². The molecule has 0 saturated heterocycles. The number of hydrogen-bond donors (Lipinski definition) is 0. The Kier molecular flexibility index (Phi) is 5.59. The largest absolute Gasteiger partial charge is 0.491 e. The fourth-order valence-corrected chi connectivity index (χ4v) is 5.50. The van der Waals surface area contributed by atoms with Crippen LogP contribution in [0.3, 0.4) is 0 Å². The topological polar surface area (TPSA) is 55.3 Å². The lowest BCUT2D eigenvalue weighted by molar-refractivity contribution is -0.116. The first-order valence-electron chi connectivity index (χ1n) is 11.0. The zero-order chi connectivity index (χ0) is 21.4. The molecule has 0 N–H and O–H groups in total. The number of nitrogens with zero attached hydrogens (tertiary/aromatic N) is 3. The number of rotatable bonds is 5. The van der Waals surface area contributed by atoms with Crippen LogP contribution in [0.25, 0.3) is 10.4 Å². The minimum Gasteiger partial charge on any atom is -0.491 e. The predicted octanol–water partition coefficient (Wildman–Crippen LogP) is 4.43. The summed E-state index contributed by atoms with van der Waals surface area (Å²) in [5.41, 5.74) is 6.37. The van der Waals surface area contributed by atoms with Crippen molar-refractivity contribution in [2.24, 2.45) is 0 Å². The van der Waals surface area contributed by atoms with Crippen LogP contribution >= 0.6 is 11.3 Å². The normalized spacial score (nSPS) is 16.8. The molecule has 0 amide bonds. The molecule has 0 bridgehead atoms. The first kappa shape index (κ1) is 20.3. The Labute approximate surface area is 187 Å². The summed E-state index contributed by atoms with van der Waals surface area (Å²) >= 11 is 1.62. The average Bonchev–Trinajstić information content (AvgIpc) is 3.37. The highest BCUT2D eigenvalue weighted by atomic mass is 32.1. The Bertz CT molecular complexity index is 1120. The Hall–Kier alpha value is -2.57. The molecular weight excluding hydrogens is 406 g/mol. The van der Waals surface area contributed by atoms with Crippen LogP contribution in [0.2, 0.25) is 0 Å². The van der Waals surface area contributed by atoms with Gasteiger partial charge >= 0.3 is 0 Å². The molecule has 3 aromatic rings. The number of pyridine rings is 1. The van der Waals surface area contributed by atoms with Crippen LogP contribution < -0.4 is 4.74 Å². The lowest BCUT2D eigenvalue weighted by Gasteiger charge is -2.27. The molecule has 0 spiro atoms. The van der Waals surface area contributed by atoms with Crippen LogP contribution in [0.15, 0.2) is 36.7 Å². The molecule has 0 aliphatic carbocycles. The second kappa shape index (κ2) is 8.52. The molecule has 6 heteroatoms. The molecular formula is C25H27N3O2S. The van der Waals surface area contributed by atoms with E-state index in [9.17, 15) is 4.79 Å². The molecule has 2 aliphatic heterocycles. The van der Waals surface area contributed by atoms with Crippen molar-refractivity contribution < 1.29 is 9.53 Å². The lowest BCUT2D eigenvalue weighted by atomic mass is 10.00. The van der Waals surface area contributed by atoms with Gasteiger partial charge in [-0.15, -0.1) is 11.3 Å². The summed E-state index contributed by atoms with van der Waals surface area (Å²) in [6.07, 6.45) is 7.34. The minimum absolute atomic E-state index is 0.155. The molecule has 1 aromatic carbocycles. The van der Waals surface area contributed by atoms with Gasteiger partial charge in [-0.3, -0.25) is 14.7 Å². The summed E-state index contributed by atoms with van der Waals surface area (Å²) in [6, 6.07) is 9.28. The second-order valence-corrected chi connectivity index (χ2v) is 9.62. The summed E-state index contributed by atoms with van der Waals surface area (Å²) in [6.45, 7) is 6.69. The van der Waals surface area contributed by atoms with Gasteiger partial charge in [0.25, 0.3) is 0 Å². The smallest absolute Gasteiger partial charge is 0.141 e. The van der Waals surface area contributed by atoms with E-state index >= 15 is 0 Å². The molecule has 0 radical (unpaired) electrons. The highest BCUT2D eigenvalue weighted by Gasteiger charge is 2.23. The van der Waals surface area contributed by atoms with Gasteiger partial charge in [0, 0.05) is 37.9 Å². The van der Waals surface area contributed by atoms with Crippen molar-refractivity contribution in [3.63, 3.8) is 0 Å². The molecule has 4 heterocycles. The third-order valence-corrected chi connectivity index (χ3v) is 7.41. The molecule has 1 atom stereocenters. The van der Waals surface area contributed by atoms with E-state index in [1.54, 1.807) is 18.3 Å². The van der Waals surface area contributed by atoms with Crippen LogP contribution in [-0.2, 0) is 30.5 Å². The van der Waals surface area contributed by atoms with Crippen LogP contribution in [-0.4, -0.2) is 40.3 Å². The van der Waals surface area contributed by atoms with E-state index in [4.69, 9.17) is 4.74 Å². The number of carbonyl (C=O) groups is 1. The number of ether oxygens (including phenoxy) is 1. The van der Waals surface area contributed by atoms with Crippen molar-refractivity contribution in [3.05, 3.63) is 64.1 Å². The molecule has 2 aromatic heterocycles. The Morgan fingerprint density at radius 1 is 1.13 bits per heavy atom. The Balaban J connectivity index is 1.31. The van der Waals surface area contributed by atoms with Crippen molar-refractivity contribution in [3.8, 4) is 16.2 Å². The Morgan fingerprint density at radius 2 is 1.97 bits per heavy atom. The molecule has 5 rings (SSSR count). The first-order chi connectivity index (χ1) is 15.1. The maximum atomic E-state index is 11.4. The lowest BCUT2D eigenvalue weighted by Crippen LogP contribution is -2.29. The van der Waals surface area contributed by atoms with Gasteiger partial charge in [0.2, 0.25) is 0 Å². The van der Waals surface area contributed by atoms with Gasteiger partial charge in [-0.05, 0) is 61.1 Å². The van der Waals surface area contributed by atoms with E-state index < -0.39 is 0 Å². The third kappa shape index (κ3) is 4.27. The summed E-state index contributed by atoms with van der Waals surface area (Å²) in [5.74, 6) is 1.11. The van der Waals surface area contributed by atoms with Crippen LogP contribution in [0.1, 0.15) is 47.3 Å². The number of carbonyl (C=O) groups excluding carboxylic acids is 1. The number of thiazole rings is 1. The number of benzene rings is 1. The van der Waals surface area contributed by atoms with Crippen molar-refractivity contribution in [1.29, 1.82) is 0 Å². The van der Waals surface area contributed by atoms with Crippen LogP contribution in [0.5, 0.6) is 5.75 Å². The number of hydrogen-bond acceptors (Lipinski definition) is 6. The van der Waals surface area contributed by atoms with Gasteiger partial charge in [-0.1, -0.05) is 12.1 Å². The van der Waals surface area contributed by atoms with Gasteiger partial charge in [-0.25, -0.2) is 4.98 Å². The number of aromatic nitrogens is 2. The van der Waals surface area contributed by atoms with Crippen molar-refractivity contribution in [1.82, 2.24) is 14.9 Å². The van der Waals surface area contributed by atoms with Gasteiger partial charge in [-0.2, -0.15) is 0 Å². The van der Waals surface area contributed by atoms with E-state index in [1.165, 1.54) is 22.3 Å². The second-order valence-electron chi connectivity index (χ2n) is 8.50. The predicted molar refractivity (Wildman–Crippen MR) is 123 cm³/mol. The molecule has 31 heavy (non-hydrogen) atoms. The molecule has 0 saturated carbocycles.